The molecule has 0 saturated heterocycles. The molecule has 3 rings (SSSR count). The van der Waals surface area contributed by atoms with Crippen LogP contribution in [-0.2, 0) is 11.3 Å². The molecule has 0 unspecified atom stereocenters. The maximum atomic E-state index is 13.8. The number of benzene rings is 1. The van der Waals surface area contributed by atoms with E-state index in [2.05, 4.69) is 10.1 Å². The number of halogens is 1. The van der Waals surface area contributed by atoms with Gasteiger partial charge in [-0.3, -0.25) is 0 Å². The van der Waals surface area contributed by atoms with Gasteiger partial charge in [-0.1, -0.05) is 18.2 Å². The molecule has 0 spiro atoms. The Morgan fingerprint density at radius 2 is 2.10 bits per heavy atom. The van der Waals surface area contributed by atoms with Gasteiger partial charge in [0.1, 0.15) is 5.82 Å². The maximum absolute atomic E-state index is 13.8. The van der Waals surface area contributed by atoms with E-state index in [9.17, 15) is 4.39 Å². The molecule has 0 aliphatic carbocycles. The van der Waals surface area contributed by atoms with E-state index >= 15 is 0 Å². The van der Waals surface area contributed by atoms with E-state index in [1.165, 1.54) is 13.2 Å². The third kappa shape index (κ3) is 2.35. The first-order valence-corrected chi connectivity index (χ1v) is 6.42. The quantitative estimate of drug-likeness (QED) is 0.571. The second-order valence-corrected chi connectivity index (χ2v) is 4.54. The lowest BCUT2D eigenvalue weighted by Crippen LogP contribution is -2.41. The average Bonchev–Trinajstić information content (AvgIpc) is 2.88. The van der Waals surface area contributed by atoms with Crippen LogP contribution in [0.3, 0.4) is 0 Å². The Balaban J connectivity index is 2.11. The summed E-state index contributed by atoms with van der Waals surface area (Å²) in [6.45, 7) is 0.275. The first-order valence-electron chi connectivity index (χ1n) is 6.42. The molecule has 0 bridgehead atoms. The van der Waals surface area contributed by atoms with Crippen LogP contribution in [0.4, 0.5) is 4.39 Å². The van der Waals surface area contributed by atoms with Crippen LogP contribution in [-0.4, -0.2) is 27.8 Å². The zero-order valence-corrected chi connectivity index (χ0v) is 11.5. The van der Waals surface area contributed by atoms with Crippen molar-refractivity contribution in [2.45, 2.75) is 6.54 Å². The third-order valence-corrected chi connectivity index (χ3v) is 3.24. The first-order chi connectivity index (χ1) is 10.2. The van der Waals surface area contributed by atoms with Crippen molar-refractivity contribution in [1.29, 1.82) is 0 Å². The number of methoxy groups -OCH3 is 1. The zero-order valence-electron chi connectivity index (χ0n) is 11.5. The number of nitrogens with zero attached hydrogens (tertiary/aromatic N) is 3. The molecule has 21 heavy (non-hydrogen) atoms. The summed E-state index contributed by atoms with van der Waals surface area (Å²) in [6.07, 6.45) is 1.66. The van der Waals surface area contributed by atoms with E-state index in [1.54, 1.807) is 35.1 Å². The Morgan fingerprint density at radius 3 is 2.86 bits per heavy atom. The molecular weight excluding hydrogens is 271 g/mol. The molecule has 106 valence electrons. The number of pyridine rings is 1. The number of hydrogen-bond donors (Lipinski definition) is 1. The molecule has 0 fully saturated rings. The fraction of sp³-hybridized carbons (Fsp3) is 0.133. The summed E-state index contributed by atoms with van der Waals surface area (Å²) < 4.78 is 20.5. The van der Waals surface area contributed by atoms with Gasteiger partial charge < -0.3 is 4.74 Å². The highest BCUT2D eigenvalue weighted by molar-refractivity contribution is 6.00. The van der Waals surface area contributed by atoms with Crippen molar-refractivity contribution in [2.75, 3.05) is 7.11 Å². The lowest BCUT2D eigenvalue weighted by molar-refractivity contribution is -0.135. The van der Waals surface area contributed by atoms with Crippen LogP contribution >= 0.6 is 0 Å². The summed E-state index contributed by atoms with van der Waals surface area (Å²) in [5.41, 5.74) is 1.68. The van der Waals surface area contributed by atoms with Crippen molar-refractivity contribution in [3.63, 3.8) is 0 Å². The minimum Gasteiger partial charge on any atom is -0.446 e. The van der Waals surface area contributed by atoms with Gasteiger partial charge in [-0.25, -0.2) is 19.5 Å². The van der Waals surface area contributed by atoms with E-state index in [0.29, 0.717) is 16.9 Å². The molecule has 2 aromatic heterocycles. The molecule has 0 atom stereocenters. The molecule has 0 radical (unpaired) electrons. The van der Waals surface area contributed by atoms with Crippen LogP contribution in [0.15, 0.2) is 42.6 Å². The van der Waals surface area contributed by atoms with E-state index in [0.717, 1.165) is 5.39 Å². The summed E-state index contributed by atoms with van der Waals surface area (Å²) in [6, 6.07) is 10.2. The smallest absolute Gasteiger partial charge is 0.388 e. The van der Waals surface area contributed by atoms with Crippen molar-refractivity contribution in [3.8, 4) is 0 Å². The molecular formula is C15H14FN4O+. The van der Waals surface area contributed by atoms with Crippen LogP contribution < -0.4 is 5.41 Å². The SMILES string of the molecule is COC(=[NH2+])c1nn(Cc2ccccc2F)c2ncccc12. The minimum atomic E-state index is -0.276. The van der Waals surface area contributed by atoms with Gasteiger partial charge in [0, 0.05) is 11.8 Å². The Morgan fingerprint density at radius 1 is 1.29 bits per heavy atom. The maximum Gasteiger partial charge on any atom is 0.388 e. The summed E-state index contributed by atoms with van der Waals surface area (Å²) in [7, 11) is 1.48. The van der Waals surface area contributed by atoms with Crippen LogP contribution in [0.5, 0.6) is 0 Å². The highest BCUT2D eigenvalue weighted by Gasteiger charge is 2.20. The van der Waals surface area contributed by atoms with Crippen molar-refractivity contribution < 1.29 is 14.5 Å². The molecule has 0 aliphatic rings. The number of fused-ring (bicyclic) bond motifs is 1. The summed E-state index contributed by atoms with van der Waals surface area (Å²) >= 11 is 0. The van der Waals surface area contributed by atoms with Crippen LogP contribution in [0.1, 0.15) is 11.3 Å². The lowest BCUT2D eigenvalue weighted by atomic mass is 10.2. The predicted molar refractivity (Wildman–Crippen MR) is 76.1 cm³/mol. The van der Waals surface area contributed by atoms with Gasteiger partial charge in [-0.05, 0) is 18.2 Å². The second-order valence-electron chi connectivity index (χ2n) is 4.54. The predicted octanol–water partition coefficient (Wildman–Crippen LogP) is 0.771. The number of rotatable bonds is 3. The number of aromatic nitrogens is 3. The number of nitrogens with two attached hydrogens (primary N) is 1. The molecule has 1 aromatic carbocycles. The molecule has 3 aromatic rings. The van der Waals surface area contributed by atoms with E-state index in [4.69, 9.17) is 10.1 Å². The molecule has 6 heteroatoms. The van der Waals surface area contributed by atoms with Gasteiger partial charge in [0.05, 0.1) is 19.0 Å². The van der Waals surface area contributed by atoms with E-state index in [-0.39, 0.29) is 18.3 Å². The molecule has 0 saturated carbocycles. The van der Waals surface area contributed by atoms with Gasteiger partial charge in [0.25, 0.3) is 0 Å². The Labute approximate surface area is 120 Å². The second kappa shape index (κ2) is 5.32. The first kappa shape index (κ1) is 13.2. The van der Waals surface area contributed by atoms with Crippen LogP contribution in [0.2, 0.25) is 0 Å². The Bertz CT molecular complexity index is 812. The van der Waals surface area contributed by atoms with E-state index < -0.39 is 0 Å². The van der Waals surface area contributed by atoms with E-state index in [1.807, 2.05) is 6.07 Å². The van der Waals surface area contributed by atoms with Crippen molar-refractivity contribution in [2.24, 2.45) is 0 Å². The summed E-state index contributed by atoms with van der Waals surface area (Å²) in [5.74, 6) is -0.0670. The summed E-state index contributed by atoms with van der Waals surface area (Å²) in [4.78, 5) is 4.30. The standard InChI is InChI=1S/C15H13FN4O/c1-21-14(17)13-11-6-4-8-18-15(11)20(19-13)9-10-5-2-3-7-12(10)16/h2-8,17H,9H2,1H3/p+1. The molecule has 2 heterocycles. The molecule has 2 N–H and O–H groups in total. The number of hydrogen-bond acceptors (Lipinski definition) is 3. The highest BCUT2D eigenvalue weighted by atomic mass is 19.1. The molecule has 5 nitrogen and oxygen atoms in total. The van der Waals surface area contributed by atoms with Gasteiger partial charge >= 0.3 is 5.90 Å². The van der Waals surface area contributed by atoms with Crippen molar-refractivity contribution in [1.82, 2.24) is 14.8 Å². The fourth-order valence-corrected chi connectivity index (χ4v) is 2.19. The van der Waals surface area contributed by atoms with Crippen molar-refractivity contribution >= 4 is 16.9 Å². The Kier molecular flexibility index (Phi) is 3.35. The number of ether oxygens (including phenoxy) is 1. The minimum absolute atomic E-state index is 0.209. The van der Waals surface area contributed by atoms with Crippen molar-refractivity contribution in [3.05, 3.63) is 59.7 Å². The van der Waals surface area contributed by atoms with Gasteiger partial charge in [0.15, 0.2) is 5.65 Å². The molecule has 0 aliphatic heterocycles. The third-order valence-electron chi connectivity index (χ3n) is 3.24. The van der Waals surface area contributed by atoms with Gasteiger partial charge in [-0.2, -0.15) is 5.10 Å². The fourth-order valence-electron chi connectivity index (χ4n) is 2.19. The monoisotopic (exact) mass is 285 g/mol. The largest absolute Gasteiger partial charge is 0.446 e. The normalized spacial score (nSPS) is 10.8. The zero-order chi connectivity index (χ0) is 14.8. The molecule has 0 amide bonds. The van der Waals surface area contributed by atoms with Crippen LogP contribution in [0, 0.1) is 5.82 Å². The van der Waals surface area contributed by atoms with Crippen LogP contribution in [0.25, 0.3) is 11.0 Å². The van der Waals surface area contributed by atoms with Gasteiger partial charge in [0.2, 0.25) is 5.69 Å². The Hall–Kier alpha value is -2.76. The average molecular weight is 285 g/mol. The summed E-state index contributed by atoms with van der Waals surface area (Å²) in [5, 5.41) is 11.0. The van der Waals surface area contributed by atoms with Gasteiger partial charge in [-0.15, -0.1) is 0 Å². The topological polar surface area (TPSA) is 65.5 Å². The lowest BCUT2D eigenvalue weighted by Gasteiger charge is -2.04. The highest BCUT2D eigenvalue weighted by Crippen LogP contribution is 2.18.